The van der Waals surface area contributed by atoms with Crippen LogP contribution in [0.15, 0.2) is 16.8 Å². The zero-order chi connectivity index (χ0) is 11.1. The number of hydrogen-bond donors (Lipinski definition) is 1. The van der Waals surface area contributed by atoms with Gasteiger partial charge in [0.1, 0.15) is 0 Å². The van der Waals surface area contributed by atoms with Crippen molar-refractivity contribution in [3.8, 4) is 0 Å². The minimum absolute atomic E-state index is 0.466. The third kappa shape index (κ3) is 4.78. The molecule has 0 spiro atoms. The molecule has 3 heteroatoms. The number of rotatable bonds is 7. The van der Waals surface area contributed by atoms with Crippen LogP contribution in [0.25, 0.3) is 0 Å². The third-order valence-corrected chi connectivity index (χ3v) is 3.28. The molecule has 1 heterocycles. The average molecular weight is 227 g/mol. The predicted molar refractivity (Wildman–Crippen MR) is 66.5 cm³/mol. The molecule has 0 aliphatic carbocycles. The lowest BCUT2D eigenvalue weighted by Gasteiger charge is -2.21. The molecule has 1 N–H and O–H groups in total. The second-order valence-electron chi connectivity index (χ2n) is 4.14. The summed E-state index contributed by atoms with van der Waals surface area (Å²) in [4.78, 5) is 0. The van der Waals surface area contributed by atoms with E-state index in [0.29, 0.717) is 12.0 Å². The van der Waals surface area contributed by atoms with E-state index in [1.165, 1.54) is 5.56 Å². The predicted octanol–water partition coefficient (Wildman–Crippen LogP) is 2.55. The Bertz CT molecular complexity index is 246. The molecule has 1 rings (SSSR count). The Morgan fingerprint density at radius 1 is 1.47 bits per heavy atom. The van der Waals surface area contributed by atoms with E-state index in [-0.39, 0.29) is 0 Å². The first-order valence-corrected chi connectivity index (χ1v) is 6.41. The molecule has 0 amide bonds. The molecular weight excluding hydrogens is 206 g/mol. The number of nitrogens with one attached hydrogen (secondary N) is 1. The normalized spacial score (nSPS) is 13.3. The molecule has 15 heavy (non-hydrogen) atoms. The van der Waals surface area contributed by atoms with E-state index in [4.69, 9.17) is 4.74 Å². The molecule has 1 aromatic heterocycles. The van der Waals surface area contributed by atoms with Crippen LogP contribution in [0, 0.1) is 5.92 Å². The van der Waals surface area contributed by atoms with Crippen LogP contribution >= 0.6 is 11.3 Å². The van der Waals surface area contributed by atoms with Gasteiger partial charge in [-0.1, -0.05) is 13.8 Å². The zero-order valence-corrected chi connectivity index (χ0v) is 10.6. The average Bonchev–Trinajstić information content (AvgIpc) is 2.69. The van der Waals surface area contributed by atoms with Crippen LogP contribution in [0.3, 0.4) is 0 Å². The third-order valence-electron chi connectivity index (χ3n) is 2.55. The molecule has 0 saturated carbocycles. The van der Waals surface area contributed by atoms with Gasteiger partial charge in [0.25, 0.3) is 0 Å². The van der Waals surface area contributed by atoms with Crippen LogP contribution in [-0.2, 0) is 11.2 Å². The smallest absolute Gasteiger partial charge is 0.0618 e. The molecule has 2 nitrogen and oxygen atoms in total. The Kier molecular flexibility index (Phi) is 5.91. The largest absolute Gasteiger partial charge is 0.383 e. The van der Waals surface area contributed by atoms with Gasteiger partial charge in [-0.25, -0.2) is 0 Å². The number of thiophene rings is 1. The minimum Gasteiger partial charge on any atom is -0.383 e. The lowest BCUT2D eigenvalue weighted by molar-refractivity contribution is 0.147. The zero-order valence-electron chi connectivity index (χ0n) is 9.82. The molecule has 1 atom stereocenters. The highest BCUT2D eigenvalue weighted by Crippen LogP contribution is 2.07. The van der Waals surface area contributed by atoms with Gasteiger partial charge in [-0.05, 0) is 41.3 Å². The summed E-state index contributed by atoms with van der Waals surface area (Å²) >= 11 is 1.76. The molecule has 0 aliphatic heterocycles. The maximum atomic E-state index is 5.19. The summed E-state index contributed by atoms with van der Waals surface area (Å²) < 4.78 is 5.19. The van der Waals surface area contributed by atoms with Gasteiger partial charge in [-0.15, -0.1) is 0 Å². The first kappa shape index (κ1) is 12.7. The molecule has 0 aromatic carbocycles. The molecular formula is C12H21NOS. The van der Waals surface area contributed by atoms with Crippen molar-refractivity contribution in [3.05, 3.63) is 22.4 Å². The summed E-state index contributed by atoms with van der Waals surface area (Å²) in [7, 11) is 1.76. The van der Waals surface area contributed by atoms with E-state index in [2.05, 4.69) is 36.0 Å². The Balaban J connectivity index is 2.22. The van der Waals surface area contributed by atoms with Crippen LogP contribution in [0.1, 0.15) is 19.4 Å². The maximum absolute atomic E-state index is 5.19. The lowest BCUT2D eigenvalue weighted by atomic mass is 10.1. The van der Waals surface area contributed by atoms with Crippen LogP contribution in [0.4, 0.5) is 0 Å². The summed E-state index contributed by atoms with van der Waals surface area (Å²) in [5.74, 6) is 0.618. The Hall–Kier alpha value is -0.380. The summed E-state index contributed by atoms with van der Waals surface area (Å²) in [6, 6.07) is 2.65. The van der Waals surface area contributed by atoms with Crippen molar-refractivity contribution < 1.29 is 4.74 Å². The summed E-state index contributed by atoms with van der Waals surface area (Å²) in [6.07, 6.45) is 1.11. The van der Waals surface area contributed by atoms with Crippen molar-refractivity contribution >= 4 is 11.3 Å². The molecule has 1 aromatic rings. The van der Waals surface area contributed by atoms with Gasteiger partial charge < -0.3 is 10.1 Å². The van der Waals surface area contributed by atoms with Gasteiger partial charge in [0.15, 0.2) is 0 Å². The van der Waals surface area contributed by atoms with E-state index < -0.39 is 0 Å². The van der Waals surface area contributed by atoms with E-state index in [1.807, 2.05) is 0 Å². The highest BCUT2D eigenvalue weighted by atomic mass is 32.1. The van der Waals surface area contributed by atoms with Crippen LogP contribution in [-0.4, -0.2) is 26.3 Å². The molecule has 1 unspecified atom stereocenters. The summed E-state index contributed by atoms with van der Waals surface area (Å²) in [5.41, 5.74) is 1.42. The van der Waals surface area contributed by atoms with Crippen LogP contribution in [0.5, 0.6) is 0 Å². The fourth-order valence-corrected chi connectivity index (χ4v) is 2.21. The van der Waals surface area contributed by atoms with Gasteiger partial charge >= 0.3 is 0 Å². The number of methoxy groups -OCH3 is 1. The Morgan fingerprint density at radius 2 is 2.27 bits per heavy atom. The highest BCUT2D eigenvalue weighted by molar-refractivity contribution is 7.07. The number of hydrogen-bond acceptors (Lipinski definition) is 3. The SMILES string of the molecule is COCC(NCCc1ccsc1)C(C)C. The Morgan fingerprint density at radius 3 is 2.80 bits per heavy atom. The van der Waals surface area contributed by atoms with Gasteiger partial charge in [0.2, 0.25) is 0 Å². The van der Waals surface area contributed by atoms with Gasteiger partial charge in [-0.3, -0.25) is 0 Å². The minimum atomic E-state index is 0.466. The second kappa shape index (κ2) is 6.99. The van der Waals surface area contributed by atoms with Crippen molar-refractivity contribution in [1.29, 1.82) is 0 Å². The first-order chi connectivity index (χ1) is 7.24. The topological polar surface area (TPSA) is 21.3 Å². The van der Waals surface area contributed by atoms with Crippen molar-refractivity contribution in [2.45, 2.75) is 26.3 Å². The van der Waals surface area contributed by atoms with Crippen molar-refractivity contribution in [2.75, 3.05) is 20.3 Å². The van der Waals surface area contributed by atoms with E-state index in [0.717, 1.165) is 19.6 Å². The van der Waals surface area contributed by atoms with Gasteiger partial charge in [0.05, 0.1) is 6.61 Å². The van der Waals surface area contributed by atoms with E-state index in [9.17, 15) is 0 Å². The van der Waals surface area contributed by atoms with E-state index >= 15 is 0 Å². The Labute approximate surface area is 96.7 Å². The maximum Gasteiger partial charge on any atom is 0.0618 e. The summed E-state index contributed by atoms with van der Waals surface area (Å²) in [6.45, 7) is 6.27. The van der Waals surface area contributed by atoms with Crippen LogP contribution < -0.4 is 5.32 Å². The molecule has 0 saturated heterocycles. The van der Waals surface area contributed by atoms with Crippen molar-refractivity contribution in [1.82, 2.24) is 5.32 Å². The molecule has 0 radical (unpaired) electrons. The fourth-order valence-electron chi connectivity index (χ4n) is 1.50. The molecule has 86 valence electrons. The standard InChI is InChI=1S/C12H21NOS/c1-10(2)12(8-14-3)13-6-4-11-5-7-15-9-11/h5,7,9-10,12-13H,4,6,8H2,1-3H3. The van der Waals surface area contributed by atoms with Crippen molar-refractivity contribution in [2.24, 2.45) is 5.92 Å². The fraction of sp³-hybridized carbons (Fsp3) is 0.667. The lowest BCUT2D eigenvalue weighted by Crippen LogP contribution is -2.38. The van der Waals surface area contributed by atoms with Gasteiger partial charge in [0, 0.05) is 13.2 Å². The van der Waals surface area contributed by atoms with E-state index in [1.54, 1.807) is 18.4 Å². The second-order valence-corrected chi connectivity index (χ2v) is 4.92. The van der Waals surface area contributed by atoms with Crippen molar-refractivity contribution in [3.63, 3.8) is 0 Å². The van der Waals surface area contributed by atoms with Gasteiger partial charge in [-0.2, -0.15) is 11.3 Å². The highest BCUT2D eigenvalue weighted by Gasteiger charge is 2.11. The molecule has 0 aliphatic rings. The van der Waals surface area contributed by atoms with Crippen LogP contribution in [0.2, 0.25) is 0 Å². The summed E-state index contributed by atoms with van der Waals surface area (Å²) in [5, 5.41) is 7.88. The quantitative estimate of drug-likeness (QED) is 0.773. The molecule has 0 fully saturated rings. The number of ether oxygens (including phenoxy) is 1. The molecule has 0 bridgehead atoms. The monoisotopic (exact) mass is 227 g/mol. The first-order valence-electron chi connectivity index (χ1n) is 5.47.